The SMILES string of the molecule is Cc1cc(C(=O)N2CCN(C(=O)c3ccc(C(C)(C)C)cc3)CC2)n[nH]1. The number of benzene rings is 1. The molecule has 0 saturated carbocycles. The number of amides is 2. The molecule has 0 bridgehead atoms. The lowest BCUT2D eigenvalue weighted by Gasteiger charge is -2.34. The molecule has 6 heteroatoms. The predicted octanol–water partition coefficient (Wildman–Crippen LogP) is 2.61. The molecule has 0 aliphatic carbocycles. The highest BCUT2D eigenvalue weighted by molar-refractivity contribution is 5.95. The van der Waals surface area contributed by atoms with E-state index in [-0.39, 0.29) is 17.2 Å². The van der Waals surface area contributed by atoms with Crippen LogP contribution < -0.4 is 0 Å². The number of piperazine rings is 1. The minimum absolute atomic E-state index is 0.0215. The van der Waals surface area contributed by atoms with Crippen molar-refractivity contribution >= 4 is 11.8 Å². The number of aromatic nitrogens is 2. The third-order valence-electron chi connectivity index (χ3n) is 4.78. The van der Waals surface area contributed by atoms with Crippen LogP contribution in [0, 0.1) is 6.92 Å². The van der Waals surface area contributed by atoms with Crippen LogP contribution in [-0.2, 0) is 5.41 Å². The molecule has 1 aliphatic heterocycles. The van der Waals surface area contributed by atoms with E-state index in [1.165, 1.54) is 5.56 Å². The monoisotopic (exact) mass is 354 g/mol. The first-order valence-electron chi connectivity index (χ1n) is 8.97. The number of hydrogen-bond acceptors (Lipinski definition) is 3. The Bertz CT molecular complexity index is 794. The van der Waals surface area contributed by atoms with Crippen molar-refractivity contribution in [1.82, 2.24) is 20.0 Å². The Kier molecular flexibility index (Phi) is 4.85. The highest BCUT2D eigenvalue weighted by Crippen LogP contribution is 2.22. The van der Waals surface area contributed by atoms with E-state index in [0.29, 0.717) is 37.4 Å². The molecule has 0 radical (unpaired) electrons. The maximum Gasteiger partial charge on any atom is 0.274 e. The van der Waals surface area contributed by atoms with Gasteiger partial charge in [0.25, 0.3) is 11.8 Å². The Balaban J connectivity index is 1.61. The smallest absolute Gasteiger partial charge is 0.274 e. The molecule has 26 heavy (non-hydrogen) atoms. The number of carbonyl (C=O) groups is 2. The first-order valence-corrected chi connectivity index (χ1v) is 8.97. The van der Waals surface area contributed by atoms with Crippen molar-refractivity contribution in [2.75, 3.05) is 26.2 Å². The van der Waals surface area contributed by atoms with Gasteiger partial charge in [-0.3, -0.25) is 14.7 Å². The second-order valence-corrected chi connectivity index (χ2v) is 7.85. The molecule has 1 N–H and O–H groups in total. The molecular weight excluding hydrogens is 328 g/mol. The fourth-order valence-electron chi connectivity index (χ4n) is 3.10. The van der Waals surface area contributed by atoms with Crippen molar-refractivity contribution in [3.63, 3.8) is 0 Å². The molecule has 138 valence electrons. The zero-order valence-corrected chi connectivity index (χ0v) is 15.9. The van der Waals surface area contributed by atoms with E-state index in [2.05, 4.69) is 31.0 Å². The van der Waals surface area contributed by atoms with Crippen molar-refractivity contribution in [2.24, 2.45) is 0 Å². The van der Waals surface area contributed by atoms with E-state index < -0.39 is 0 Å². The van der Waals surface area contributed by atoms with Crippen LogP contribution >= 0.6 is 0 Å². The van der Waals surface area contributed by atoms with Crippen molar-refractivity contribution in [3.8, 4) is 0 Å². The summed E-state index contributed by atoms with van der Waals surface area (Å²) in [5, 5.41) is 6.81. The van der Waals surface area contributed by atoms with Gasteiger partial charge in [-0.15, -0.1) is 0 Å². The molecule has 0 atom stereocenters. The minimum Gasteiger partial charge on any atom is -0.335 e. The average Bonchev–Trinajstić information content (AvgIpc) is 3.06. The van der Waals surface area contributed by atoms with Crippen molar-refractivity contribution < 1.29 is 9.59 Å². The Labute approximate surface area is 154 Å². The summed E-state index contributed by atoms with van der Waals surface area (Å²) in [4.78, 5) is 28.7. The molecule has 1 saturated heterocycles. The summed E-state index contributed by atoms with van der Waals surface area (Å²) in [6.45, 7) is 10.4. The molecule has 3 rings (SSSR count). The van der Waals surface area contributed by atoms with Gasteiger partial charge in [0.2, 0.25) is 0 Å². The predicted molar refractivity (Wildman–Crippen MR) is 100 cm³/mol. The topological polar surface area (TPSA) is 69.3 Å². The Morgan fingerprint density at radius 3 is 1.96 bits per heavy atom. The maximum absolute atomic E-state index is 12.7. The molecule has 2 amide bonds. The Hall–Kier alpha value is -2.63. The zero-order valence-electron chi connectivity index (χ0n) is 15.9. The van der Waals surface area contributed by atoms with Crippen LogP contribution in [-0.4, -0.2) is 58.0 Å². The van der Waals surface area contributed by atoms with Gasteiger partial charge in [0.05, 0.1) is 0 Å². The third kappa shape index (κ3) is 3.79. The minimum atomic E-state index is -0.0871. The molecule has 1 aliphatic rings. The quantitative estimate of drug-likeness (QED) is 0.901. The molecular formula is C20H26N4O2. The number of nitrogens with zero attached hydrogens (tertiary/aromatic N) is 3. The number of aryl methyl sites for hydroxylation is 1. The van der Waals surface area contributed by atoms with E-state index >= 15 is 0 Å². The number of nitrogens with one attached hydrogen (secondary N) is 1. The molecule has 0 spiro atoms. The standard InChI is InChI=1S/C20H26N4O2/c1-14-13-17(22-21-14)19(26)24-11-9-23(10-12-24)18(25)15-5-7-16(8-6-15)20(2,3)4/h5-8,13H,9-12H2,1-4H3,(H,21,22). The van der Waals surface area contributed by atoms with Gasteiger partial charge in [0.1, 0.15) is 5.69 Å². The Morgan fingerprint density at radius 1 is 0.962 bits per heavy atom. The second-order valence-electron chi connectivity index (χ2n) is 7.85. The van der Waals surface area contributed by atoms with Gasteiger partial charge < -0.3 is 9.80 Å². The lowest BCUT2D eigenvalue weighted by atomic mass is 9.86. The fraction of sp³-hybridized carbons (Fsp3) is 0.450. The van der Waals surface area contributed by atoms with E-state index in [1.54, 1.807) is 11.0 Å². The van der Waals surface area contributed by atoms with Gasteiger partial charge >= 0.3 is 0 Å². The summed E-state index contributed by atoms with van der Waals surface area (Å²) >= 11 is 0. The summed E-state index contributed by atoms with van der Waals surface area (Å²) in [6, 6.07) is 9.58. The lowest BCUT2D eigenvalue weighted by Crippen LogP contribution is -2.50. The summed E-state index contributed by atoms with van der Waals surface area (Å²) in [5.41, 5.74) is 3.26. The van der Waals surface area contributed by atoms with E-state index in [9.17, 15) is 9.59 Å². The van der Waals surface area contributed by atoms with Crippen LogP contribution in [0.25, 0.3) is 0 Å². The van der Waals surface area contributed by atoms with Gasteiger partial charge in [-0.2, -0.15) is 5.10 Å². The molecule has 6 nitrogen and oxygen atoms in total. The van der Waals surface area contributed by atoms with Gasteiger partial charge in [-0.1, -0.05) is 32.9 Å². The van der Waals surface area contributed by atoms with Crippen LogP contribution in [0.15, 0.2) is 30.3 Å². The Morgan fingerprint density at radius 2 is 1.50 bits per heavy atom. The molecule has 1 fully saturated rings. The lowest BCUT2D eigenvalue weighted by molar-refractivity contribution is 0.0532. The van der Waals surface area contributed by atoms with Gasteiger partial charge in [-0.25, -0.2) is 0 Å². The fourth-order valence-corrected chi connectivity index (χ4v) is 3.10. The van der Waals surface area contributed by atoms with Crippen LogP contribution in [0.3, 0.4) is 0 Å². The van der Waals surface area contributed by atoms with Crippen molar-refractivity contribution in [1.29, 1.82) is 0 Å². The molecule has 2 aromatic rings. The molecule has 1 aromatic heterocycles. The van der Waals surface area contributed by atoms with Crippen LogP contribution in [0.4, 0.5) is 0 Å². The zero-order chi connectivity index (χ0) is 18.9. The van der Waals surface area contributed by atoms with Crippen LogP contribution in [0.5, 0.6) is 0 Å². The van der Waals surface area contributed by atoms with E-state index in [1.807, 2.05) is 36.1 Å². The molecule has 2 heterocycles. The highest BCUT2D eigenvalue weighted by Gasteiger charge is 2.26. The summed E-state index contributed by atoms with van der Waals surface area (Å²) in [5.74, 6) is -0.0656. The summed E-state index contributed by atoms with van der Waals surface area (Å²) < 4.78 is 0. The second kappa shape index (κ2) is 6.94. The van der Waals surface area contributed by atoms with Gasteiger partial charge in [0, 0.05) is 37.4 Å². The third-order valence-corrected chi connectivity index (χ3v) is 4.78. The number of hydrogen-bond donors (Lipinski definition) is 1. The van der Waals surface area contributed by atoms with Crippen molar-refractivity contribution in [2.45, 2.75) is 33.1 Å². The number of aromatic amines is 1. The number of carbonyl (C=O) groups excluding carboxylic acids is 2. The van der Waals surface area contributed by atoms with E-state index in [4.69, 9.17) is 0 Å². The number of rotatable bonds is 2. The average molecular weight is 354 g/mol. The first kappa shape index (κ1) is 18.2. The maximum atomic E-state index is 12.7. The van der Waals surface area contributed by atoms with Crippen LogP contribution in [0.1, 0.15) is 52.9 Å². The van der Waals surface area contributed by atoms with Gasteiger partial charge in [0.15, 0.2) is 0 Å². The summed E-state index contributed by atoms with van der Waals surface area (Å²) in [6.07, 6.45) is 0. The highest BCUT2D eigenvalue weighted by atomic mass is 16.2. The first-order chi connectivity index (χ1) is 12.3. The van der Waals surface area contributed by atoms with E-state index in [0.717, 1.165) is 5.69 Å². The number of H-pyrrole nitrogens is 1. The van der Waals surface area contributed by atoms with Gasteiger partial charge in [-0.05, 0) is 36.1 Å². The molecule has 0 unspecified atom stereocenters. The molecule has 1 aromatic carbocycles. The normalized spacial score (nSPS) is 15.2. The van der Waals surface area contributed by atoms with Crippen LogP contribution in [0.2, 0.25) is 0 Å². The largest absolute Gasteiger partial charge is 0.335 e. The van der Waals surface area contributed by atoms with Crippen molar-refractivity contribution in [3.05, 3.63) is 52.8 Å². The summed E-state index contributed by atoms with van der Waals surface area (Å²) in [7, 11) is 0.